The van der Waals surface area contributed by atoms with Gasteiger partial charge in [-0.3, -0.25) is 4.79 Å². The number of aryl methyl sites for hydroxylation is 1. The smallest absolute Gasteiger partial charge is 0.275 e. The van der Waals surface area contributed by atoms with E-state index in [1.165, 1.54) is 22.2 Å². The number of amides is 1. The molecule has 0 aliphatic rings. The average molecular weight is 391 g/mol. The highest BCUT2D eigenvalue weighted by atomic mass is 32.1. The zero-order valence-corrected chi connectivity index (χ0v) is 16.6. The van der Waals surface area contributed by atoms with Crippen molar-refractivity contribution in [2.75, 3.05) is 11.9 Å². The van der Waals surface area contributed by atoms with Crippen molar-refractivity contribution >= 4 is 33.8 Å². The number of rotatable bonds is 6. The summed E-state index contributed by atoms with van der Waals surface area (Å²) in [6, 6.07) is 17.8. The Balaban J connectivity index is 1.62. The first kappa shape index (κ1) is 18.3. The SMILES string of the molecule is CCOc1ccccc1NC(=O)c1csc(-c2cc3ccccc3n2CC)n1. The van der Waals surface area contributed by atoms with E-state index in [0.29, 0.717) is 23.7 Å². The van der Waals surface area contributed by atoms with Crippen LogP contribution >= 0.6 is 11.3 Å². The van der Waals surface area contributed by atoms with Gasteiger partial charge in [-0.1, -0.05) is 30.3 Å². The Morgan fingerprint density at radius 1 is 1.14 bits per heavy atom. The van der Waals surface area contributed by atoms with Crippen LogP contribution in [0.15, 0.2) is 60.0 Å². The lowest BCUT2D eigenvalue weighted by Gasteiger charge is -2.10. The first-order valence-corrected chi connectivity index (χ1v) is 10.2. The van der Waals surface area contributed by atoms with Gasteiger partial charge in [-0.15, -0.1) is 11.3 Å². The molecular formula is C22H21N3O2S. The Morgan fingerprint density at radius 2 is 1.93 bits per heavy atom. The number of aromatic nitrogens is 2. The average Bonchev–Trinajstić information content (AvgIpc) is 3.34. The van der Waals surface area contributed by atoms with Gasteiger partial charge < -0.3 is 14.6 Å². The minimum absolute atomic E-state index is 0.242. The minimum Gasteiger partial charge on any atom is -0.492 e. The number of hydrogen-bond donors (Lipinski definition) is 1. The van der Waals surface area contributed by atoms with E-state index in [1.807, 2.05) is 43.3 Å². The van der Waals surface area contributed by atoms with Crippen LogP contribution in [0.2, 0.25) is 0 Å². The van der Waals surface area contributed by atoms with E-state index in [-0.39, 0.29) is 5.91 Å². The monoisotopic (exact) mass is 391 g/mol. The van der Waals surface area contributed by atoms with Crippen molar-refractivity contribution in [2.45, 2.75) is 20.4 Å². The van der Waals surface area contributed by atoms with Gasteiger partial charge in [0.2, 0.25) is 0 Å². The van der Waals surface area contributed by atoms with Gasteiger partial charge in [-0.2, -0.15) is 0 Å². The van der Waals surface area contributed by atoms with Crippen molar-refractivity contribution in [3.63, 3.8) is 0 Å². The normalized spacial score (nSPS) is 10.9. The van der Waals surface area contributed by atoms with E-state index >= 15 is 0 Å². The molecule has 2 heterocycles. The first-order valence-electron chi connectivity index (χ1n) is 9.28. The van der Waals surface area contributed by atoms with Crippen LogP contribution in [-0.4, -0.2) is 22.1 Å². The standard InChI is InChI=1S/C22H21N3O2S/c1-3-25-18-11-7-5-9-15(18)13-19(25)22-24-17(14-28-22)21(26)23-16-10-6-8-12-20(16)27-4-2/h5-14H,3-4H2,1-2H3,(H,23,26). The minimum atomic E-state index is -0.242. The molecule has 2 aromatic carbocycles. The van der Waals surface area contributed by atoms with Gasteiger partial charge in [0, 0.05) is 22.8 Å². The molecule has 28 heavy (non-hydrogen) atoms. The molecule has 0 saturated heterocycles. The molecule has 0 aliphatic heterocycles. The van der Waals surface area contributed by atoms with Gasteiger partial charge in [-0.05, 0) is 38.1 Å². The van der Waals surface area contributed by atoms with Gasteiger partial charge in [0.1, 0.15) is 16.5 Å². The Hall–Kier alpha value is -3.12. The summed E-state index contributed by atoms with van der Waals surface area (Å²) in [5, 5.41) is 6.71. The second-order valence-electron chi connectivity index (χ2n) is 6.25. The van der Waals surface area contributed by atoms with Gasteiger partial charge >= 0.3 is 0 Å². The second-order valence-corrected chi connectivity index (χ2v) is 7.11. The number of fused-ring (bicyclic) bond motifs is 1. The van der Waals surface area contributed by atoms with E-state index in [2.05, 4.69) is 40.0 Å². The van der Waals surface area contributed by atoms with Gasteiger partial charge in [-0.25, -0.2) is 4.98 Å². The van der Waals surface area contributed by atoms with Crippen molar-refractivity contribution in [3.8, 4) is 16.5 Å². The molecule has 4 rings (SSSR count). The number of nitrogens with zero attached hydrogens (tertiary/aromatic N) is 2. The molecule has 0 saturated carbocycles. The Morgan fingerprint density at radius 3 is 2.75 bits per heavy atom. The highest BCUT2D eigenvalue weighted by Crippen LogP contribution is 2.31. The lowest BCUT2D eigenvalue weighted by molar-refractivity contribution is 0.102. The van der Waals surface area contributed by atoms with Crippen molar-refractivity contribution in [3.05, 3.63) is 65.7 Å². The van der Waals surface area contributed by atoms with Crippen LogP contribution in [0.25, 0.3) is 21.6 Å². The third-order valence-corrected chi connectivity index (χ3v) is 5.38. The number of benzene rings is 2. The summed E-state index contributed by atoms with van der Waals surface area (Å²) >= 11 is 1.48. The zero-order valence-electron chi connectivity index (χ0n) is 15.8. The molecule has 6 heteroatoms. The summed E-state index contributed by atoms with van der Waals surface area (Å²) in [5.74, 6) is 0.411. The molecule has 1 N–H and O–H groups in total. The van der Waals surface area contributed by atoms with E-state index in [4.69, 9.17) is 4.74 Å². The molecule has 5 nitrogen and oxygen atoms in total. The van der Waals surface area contributed by atoms with Crippen molar-refractivity contribution in [1.82, 2.24) is 9.55 Å². The molecule has 0 atom stereocenters. The molecular weight excluding hydrogens is 370 g/mol. The van der Waals surface area contributed by atoms with Crippen LogP contribution in [-0.2, 0) is 6.54 Å². The maximum absolute atomic E-state index is 12.7. The van der Waals surface area contributed by atoms with Crippen molar-refractivity contribution < 1.29 is 9.53 Å². The van der Waals surface area contributed by atoms with Crippen LogP contribution in [0.1, 0.15) is 24.3 Å². The molecule has 0 radical (unpaired) electrons. The van der Waals surface area contributed by atoms with E-state index in [1.54, 1.807) is 5.38 Å². The summed E-state index contributed by atoms with van der Waals surface area (Å²) in [7, 11) is 0. The predicted molar refractivity (Wildman–Crippen MR) is 114 cm³/mol. The van der Waals surface area contributed by atoms with Crippen LogP contribution in [0.5, 0.6) is 5.75 Å². The second kappa shape index (κ2) is 7.86. The lowest BCUT2D eigenvalue weighted by Crippen LogP contribution is -2.13. The highest BCUT2D eigenvalue weighted by molar-refractivity contribution is 7.13. The van der Waals surface area contributed by atoms with Crippen LogP contribution in [0.3, 0.4) is 0 Å². The molecule has 2 aromatic heterocycles. The summed E-state index contributed by atoms with van der Waals surface area (Å²) in [5.41, 5.74) is 3.25. The fraction of sp³-hybridized carbons (Fsp3) is 0.182. The summed E-state index contributed by atoms with van der Waals surface area (Å²) in [6.45, 7) is 5.40. The fourth-order valence-electron chi connectivity index (χ4n) is 3.26. The van der Waals surface area contributed by atoms with Crippen molar-refractivity contribution in [1.29, 1.82) is 0 Å². The van der Waals surface area contributed by atoms with E-state index in [0.717, 1.165) is 17.2 Å². The van der Waals surface area contributed by atoms with Crippen LogP contribution in [0.4, 0.5) is 5.69 Å². The maximum atomic E-state index is 12.7. The highest BCUT2D eigenvalue weighted by Gasteiger charge is 2.17. The number of para-hydroxylation sites is 3. The predicted octanol–water partition coefficient (Wildman–Crippen LogP) is 5.44. The Labute approximate surface area is 167 Å². The molecule has 142 valence electrons. The maximum Gasteiger partial charge on any atom is 0.275 e. The Bertz CT molecular complexity index is 1130. The number of carbonyl (C=O) groups excluding carboxylic acids is 1. The molecule has 4 aromatic rings. The van der Waals surface area contributed by atoms with E-state index < -0.39 is 0 Å². The fourth-order valence-corrected chi connectivity index (χ4v) is 4.09. The molecule has 0 spiro atoms. The molecule has 1 amide bonds. The number of hydrogen-bond acceptors (Lipinski definition) is 4. The number of thiazole rings is 1. The molecule has 0 bridgehead atoms. The summed E-state index contributed by atoms with van der Waals surface area (Å²) < 4.78 is 7.80. The molecule has 0 unspecified atom stereocenters. The number of anilines is 1. The third-order valence-electron chi connectivity index (χ3n) is 4.52. The van der Waals surface area contributed by atoms with Gasteiger partial charge in [0.05, 0.1) is 18.0 Å². The number of nitrogens with one attached hydrogen (secondary N) is 1. The van der Waals surface area contributed by atoms with Crippen LogP contribution < -0.4 is 10.1 Å². The Kier molecular flexibility index (Phi) is 5.12. The number of ether oxygens (including phenoxy) is 1. The first-order chi connectivity index (χ1) is 13.7. The lowest BCUT2D eigenvalue weighted by atomic mass is 10.2. The third kappa shape index (κ3) is 3.39. The summed E-state index contributed by atoms with van der Waals surface area (Å²) in [6.07, 6.45) is 0. The zero-order chi connectivity index (χ0) is 19.5. The quantitative estimate of drug-likeness (QED) is 0.476. The summed E-state index contributed by atoms with van der Waals surface area (Å²) in [4.78, 5) is 17.3. The van der Waals surface area contributed by atoms with Crippen LogP contribution in [0, 0.1) is 0 Å². The topological polar surface area (TPSA) is 56.1 Å². The van der Waals surface area contributed by atoms with Gasteiger partial charge in [0.15, 0.2) is 0 Å². The van der Waals surface area contributed by atoms with E-state index in [9.17, 15) is 4.79 Å². The largest absolute Gasteiger partial charge is 0.492 e. The molecule has 0 aliphatic carbocycles. The van der Waals surface area contributed by atoms with Gasteiger partial charge in [0.25, 0.3) is 5.91 Å². The number of carbonyl (C=O) groups is 1. The van der Waals surface area contributed by atoms with Crippen molar-refractivity contribution in [2.24, 2.45) is 0 Å². The molecule has 0 fully saturated rings.